The number of fused-ring (bicyclic) bond motifs is 5. The maximum atomic E-state index is 15.4. The zero-order valence-corrected chi connectivity index (χ0v) is 44.2. The Morgan fingerprint density at radius 3 is 2.35 bits per heavy atom. The van der Waals surface area contributed by atoms with E-state index in [9.17, 15) is 53.1 Å². The molecule has 22 nitrogen and oxygen atoms in total. The van der Waals surface area contributed by atoms with Crippen LogP contribution < -0.4 is 37.5 Å². The molecular weight excluding hydrogens is 1030 g/mol. The molecule has 2 aliphatic carbocycles. The van der Waals surface area contributed by atoms with E-state index in [4.69, 9.17) is 14.5 Å². The summed E-state index contributed by atoms with van der Waals surface area (Å²) in [5, 5.41) is 27.9. The van der Waals surface area contributed by atoms with Gasteiger partial charge in [0.15, 0.2) is 5.60 Å². The number of likely N-dealkylation sites (tertiary alicyclic amines) is 1. The van der Waals surface area contributed by atoms with Crippen LogP contribution in [0.1, 0.15) is 117 Å². The summed E-state index contributed by atoms with van der Waals surface area (Å²) in [5.41, 5.74) is 2.36. The molecule has 2 aromatic carbocycles. The van der Waals surface area contributed by atoms with Crippen LogP contribution >= 0.6 is 0 Å². The Balaban J connectivity index is 0.720. The lowest BCUT2D eigenvalue weighted by atomic mass is 9.79. The molecule has 23 heteroatoms. The van der Waals surface area contributed by atoms with Crippen molar-refractivity contribution in [2.75, 3.05) is 32.9 Å². The largest absolute Gasteiger partial charge is 0.458 e. The molecule has 1 saturated carbocycles. The van der Waals surface area contributed by atoms with Gasteiger partial charge in [0.25, 0.3) is 5.56 Å². The van der Waals surface area contributed by atoms with Gasteiger partial charge in [-0.25, -0.2) is 14.2 Å². The Kier molecular flexibility index (Phi) is 16.7. The molecule has 79 heavy (non-hydrogen) atoms. The lowest BCUT2D eigenvalue weighted by Gasteiger charge is -2.36. The van der Waals surface area contributed by atoms with Gasteiger partial charge < -0.3 is 51.0 Å². The second-order valence-corrected chi connectivity index (χ2v) is 21.0. The van der Waals surface area contributed by atoms with E-state index in [2.05, 4.69) is 31.9 Å². The lowest BCUT2D eigenvalue weighted by molar-refractivity contribution is -0.172. The van der Waals surface area contributed by atoms with Crippen molar-refractivity contribution in [2.24, 2.45) is 11.8 Å². The van der Waals surface area contributed by atoms with E-state index in [0.717, 1.165) is 11.1 Å². The van der Waals surface area contributed by atoms with Crippen LogP contribution in [0.15, 0.2) is 47.3 Å². The monoisotopic (exact) mass is 1090 g/mol. The van der Waals surface area contributed by atoms with Gasteiger partial charge in [0.05, 0.1) is 60.8 Å². The molecule has 7 N–H and O–H groups in total. The number of nitrogens with zero attached hydrogens (tertiary/aromatic N) is 3. The number of pyridine rings is 2. The van der Waals surface area contributed by atoms with Gasteiger partial charge >= 0.3 is 5.97 Å². The summed E-state index contributed by atoms with van der Waals surface area (Å²) >= 11 is 0. The summed E-state index contributed by atoms with van der Waals surface area (Å²) in [6.45, 7) is 3.60. The average molecular weight is 1090 g/mol. The number of carbonyl (C=O) groups is 9. The third kappa shape index (κ3) is 11.8. The van der Waals surface area contributed by atoms with Crippen molar-refractivity contribution in [1.29, 1.82) is 0 Å². The Morgan fingerprint density at radius 2 is 1.62 bits per heavy atom. The van der Waals surface area contributed by atoms with Crippen LogP contribution in [0.4, 0.5) is 4.39 Å². The number of aryl methyl sites for hydroxylation is 1. The number of cyclic esters (lactones) is 1. The molecule has 0 spiro atoms. The quantitative estimate of drug-likeness (QED) is 0.0224. The average Bonchev–Trinajstić information content (AvgIpc) is 4.15. The minimum Gasteiger partial charge on any atom is -0.458 e. The van der Waals surface area contributed by atoms with Crippen LogP contribution in [0, 0.1) is 24.6 Å². The Bertz CT molecular complexity index is 3220. The molecule has 4 atom stereocenters. The van der Waals surface area contributed by atoms with E-state index in [1.165, 1.54) is 15.5 Å². The summed E-state index contributed by atoms with van der Waals surface area (Å²) in [6, 6.07) is 10.2. The van der Waals surface area contributed by atoms with E-state index in [0.29, 0.717) is 90.5 Å². The molecule has 5 heterocycles. The highest BCUT2D eigenvalue weighted by Gasteiger charge is 2.46. The maximum Gasteiger partial charge on any atom is 0.343 e. The number of halogens is 1. The SMILES string of the molecule is CC[C@@]1(O)C(=O)OCc2c1cc1n(c2=O)Cc2c-1nc1cc(F)c(C)c3c1c2[C@@H](NC(=O)C1CC(OCNC(=O)CNC(=O)[C@H](Cc2ccccc2)NC(=O)CNC(=O)CNC(=O)CCCCCN2C(=O)CC(C)C2=O)C1)CC3. The first-order chi connectivity index (χ1) is 37.8. The number of benzene rings is 2. The molecule has 9 rings (SSSR count). The van der Waals surface area contributed by atoms with Crippen LogP contribution in [0.2, 0.25) is 0 Å². The number of aliphatic hydroxyl groups is 1. The predicted octanol–water partition coefficient (Wildman–Crippen LogP) is 1.53. The lowest BCUT2D eigenvalue weighted by Crippen LogP contribution is -2.52. The van der Waals surface area contributed by atoms with Crippen LogP contribution in [-0.4, -0.2) is 118 Å². The first kappa shape index (κ1) is 55.8. The van der Waals surface area contributed by atoms with E-state index in [1.807, 2.05) is 0 Å². The van der Waals surface area contributed by atoms with E-state index >= 15 is 4.39 Å². The second-order valence-electron chi connectivity index (χ2n) is 21.0. The number of hydrogen-bond acceptors (Lipinski definition) is 14. The summed E-state index contributed by atoms with van der Waals surface area (Å²) in [7, 11) is 0. The van der Waals surface area contributed by atoms with Crippen molar-refractivity contribution in [2.45, 2.75) is 128 Å². The van der Waals surface area contributed by atoms with Gasteiger partial charge in [0.2, 0.25) is 47.3 Å². The van der Waals surface area contributed by atoms with Crippen molar-refractivity contribution in [3.63, 3.8) is 0 Å². The van der Waals surface area contributed by atoms with Gasteiger partial charge in [-0.2, -0.15) is 0 Å². The highest BCUT2D eigenvalue weighted by Crippen LogP contribution is 2.46. The maximum absolute atomic E-state index is 15.4. The Morgan fingerprint density at radius 1 is 0.899 bits per heavy atom. The number of ether oxygens (including phenoxy) is 2. The molecule has 1 saturated heterocycles. The number of carbonyl (C=O) groups excluding carboxylic acids is 9. The van der Waals surface area contributed by atoms with Crippen molar-refractivity contribution in [1.82, 2.24) is 46.4 Å². The smallest absolute Gasteiger partial charge is 0.343 e. The summed E-state index contributed by atoms with van der Waals surface area (Å²) in [5.74, 6) is -5.56. The minimum atomic E-state index is -2.03. The number of amides is 8. The van der Waals surface area contributed by atoms with Gasteiger partial charge in [0.1, 0.15) is 25.2 Å². The highest BCUT2D eigenvalue weighted by molar-refractivity contribution is 6.03. The first-order valence-electron chi connectivity index (χ1n) is 26.8. The van der Waals surface area contributed by atoms with Crippen LogP contribution in [-0.2, 0) is 84.2 Å². The van der Waals surface area contributed by atoms with Crippen molar-refractivity contribution >= 4 is 64.1 Å². The van der Waals surface area contributed by atoms with Crippen molar-refractivity contribution in [3.8, 4) is 11.4 Å². The van der Waals surface area contributed by atoms with Gasteiger partial charge in [-0.3, -0.25) is 48.1 Å². The number of esters is 1. The predicted molar refractivity (Wildman–Crippen MR) is 279 cm³/mol. The fourth-order valence-electron chi connectivity index (χ4n) is 11.1. The molecular formula is C56H64FN9O13. The Hall–Kier alpha value is -7.92. The van der Waals surface area contributed by atoms with Crippen molar-refractivity contribution in [3.05, 3.63) is 97.6 Å². The number of hydrogen-bond donors (Lipinski definition) is 7. The number of unbranched alkanes of at least 4 members (excludes halogenated alkanes) is 2. The van der Waals surface area contributed by atoms with Crippen LogP contribution in [0.3, 0.4) is 0 Å². The second kappa shape index (κ2) is 23.6. The fraction of sp³-hybridized carbons (Fsp3) is 0.482. The Labute approximate surface area is 453 Å². The van der Waals surface area contributed by atoms with E-state index in [1.54, 1.807) is 57.2 Å². The fourth-order valence-corrected chi connectivity index (χ4v) is 11.1. The molecule has 0 bridgehead atoms. The molecule has 4 aromatic rings. The third-order valence-corrected chi connectivity index (χ3v) is 15.8. The topological polar surface area (TPSA) is 303 Å². The molecule has 0 radical (unpaired) electrons. The van der Waals surface area contributed by atoms with Gasteiger partial charge in [-0.1, -0.05) is 50.6 Å². The molecule has 8 amide bonds. The number of rotatable bonds is 22. The number of nitrogens with one attached hydrogen (secondary N) is 6. The summed E-state index contributed by atoms with van der Waals surface area (Å²) in [6.07, 6.45) is 3.29. The van der Waals surface area contributed by atoms with Gasteiger partial charge in [0, 0.05) is 60.2 Å². The number of aromatic nitrogens is 2. The third-order valence-electron chi connectivity index (χ3n) is 15.8. The van der Waals surface area contributed by atoms with Crippen LogP contribution in [0.25, 0.3) is 22.3 Å². The van der Waals surface area contributed by atoms with Crippen LogP contribution in [0.5, 0.6) is 0 Å². The van der Waals surface area contributed by atoms with E-state index < -0.39 is 77.7 Å². The number of imide groups is 1. The molecule has 2 aromatic heterocycles. The molecule has 2 fully saturated rings. The molecule has 418 valence electrons. The van der Waals surface area contributed by atoms with E-state index in [-0.39, 0.29) is 98.9 Å². The van der Waals surface area contributed by atoms with Gasteiger partial charge in [-0.05, 0) is 80.2 Å². The standard InChI is InChI=1S/C56H64FN9O13/c1-4-56(77)37-21-42-50-35(26-66(42)54(75)36(37)27-78-55(56)76)49-39(15-14-34-30(3)38(57)22-40(63-50)48(34)49)64-51(72)32-19-33(20-32)79-28-61-45(69)24-60-52(73)41(18-31-11-7-5-8-12-31)62-46(70)25-59-44(68)23-58-43(67)13-9-6-10-16-65-47(71)17-29(2)53(65)74/h5,7-8,11-12,21-22,29,32-33,39,41,77H,4,6,9-10,13-20,23-28H2,1-3H3,(H,58,67)(H,59,68)(H,60,73)(H,61,69)(H,62,70)(H,64,72)/t29?,32?,33?,39-,41-,56-/m0/s1. The summed E-state index contributed by atoms with van der Waals surface area (Å²) in [4.78, 5) is 135. The minimum absolute atomic E-state index is 0.0308. The van der Waals surface area contributed by atoms with Gasteiger partial charge in [-0.15, -0.1) is 0 Å². The highest BCUT2D eigenvalue weighted by atomic mass is 19.1. The molecule has 5 aliphatic rings. The first-order valence-corrected chi connectivity index (χ1v) is 26.8. The molecule has 3 aliphatic heterocycles. The zero-order valence-electron chi connectivity index (χ0n) is 44.2. The van der Waals surface area contributed by atoms with Crippen molar-refractivity contribution < 1.29 is 62.1 Å². The summed E-state index contributed by atoms with van der Waals surface area (Å²) < 4.78 is 28.0. The molecule has 1 unspecified atom stereocenters. The normalized spacial score (nSPS) is 21.0. The zero-order chi connectivity index (χ0) is 56.3.